The van der Waals surface area contributed by atoms with E-state index in [0.717, 1.165) is 10.0 Å². The highest BCUT2D eigenvalue weighted by Gasteiger charge is 2.14. The van der Waals surface area contributed by atoms with Gasteiger partial charge in [-0.1, -0.05) is 35.9 Å². The normalized spacial score (nSPS) is 11.9. The summed E-state index contributed by atoms with van der Waals surface area (Å²) in [4.78, 5) is 26.0. The third kappa shape index (κ3) is 6.44. The summed E-state index contributed by atoms with van der Waals surface area (Å²) < 4.78 is 0.811. The number of carbonyl (C=O) groups is 2. The molecule has 1 atom stereocenters. The third-order valence-corrected chi connectivity index (χ3v) is 4.67. The maximum absolute atomic E-state index is 12.2. The highest BCUT2D eigenvalue weighted by Crippen LogP contribution is 2.21. The van der Waals surface area contributed by atoms with E-state index in [-0.39, 0.29) is 30.9 Å². The molecule has 0 radical (unpaired) electrons. The molecule has 26 heavy (non-hydrogen) atoms. The maximum atomic E-state index is 12.2. The predicted molar refractivity (Wildman–Crippen MR) is 108 cm³/mol. The molecule has 2 aromatic rings. The average Bonchev–Trinajstić information content (AvgIpc) is 2.57. The molecule has 2 aromatic carbocycles. The second kappa shape index (κ2) is 9.71. The van der Waals surface area contributed by atoms with Crippen molar-refractivity contribution in [1.82, 2.24) is 10.2 Å². The fraction of sp³-hybridized carbons (Fsp3) is 0.263. The summed E-state index contributed by atoms with van der Waals surface area (Å²) in [5.74, 6) is -0.332. The Morgan fingerprint density at radius 1 is 1.08 bits per heavy atom. The van der Waals surface area contributed by atoms with Gasteiger partial charge in [-0.2, -0.15) is 0 Å². The topological polar surface area (TPSA) is 61.4 Å². The lowest BCUT2D eigenvalue weighted by atomic mass is 10.1. The van der Waals surface area contributed by atoms with E-state index in [1.807, 2.05) is 43.3 Å². The molecule has 0 aromatic heterocycles. The van der Waals surface area contributed by atoms with Crippen LogP contribution in [0.4, 0.5) is 5.69 Å². The molecule has 0 aliphatic carbocycles. The number of carbonyl (C=O) groups excluding carboxylic acids is 2. The minimum absolute atomic E-state index is 0.115. The summed E-state index contributed by atoms with van der Waals surface area (Å²) in [7, 11) is 1.73. The Morgan fingerprint density at radius 3 is 2.35 bits per heavy atom. The lowest BCUT2D eigenvalue weighted by Crippen LogP contribution is -2.39. The quantitative estimate of drug-likeness (QED) is 0.690. The van der Waals surface area contributed by atoms with Gasteiger partial charge in [-0.05, 0) is 59.7 Å². The first kappa shape index (κ1) is 20.4. The molecule has 2 rings (SSSR count). The molecule has 7 heteroatoms. The van der Waals surface area contributed by atoms with Gasteiger partial charge in [-0.15, -0.1) is 0 Å². The number of likely N-dealkylation sites (N-methyl/N-ethyl adjacent to an activating group) is 1. The van der Waals surface area contributed by atoms with Crippen LogP contribution in [0.25, 0.3) is 0 Å². The van der Waals surface area contributed by atoms with Crippen molar-refractivity contribution >= 4 is 45.0 Å². The minimum Gasteiger partial charge on any atom is -0.348 e. The Balaban J connectivity index is 1.80. The lowest BCUT2D eigenvalue weighted by Gasteiger charge is -2.19. The Bertz CT molecular complexity index is 768. The maximum Gasteiger partial charge on any atom is 0.238 e. The van der Waals surface area contributed by atoms with Crippen molar-refractivity contribution < 1.29 is 9.59 Å². The number of benzene rings is 2. The summed E-state index contributed by atoms with van der Waals surface area (Å²) in [5, 5.41) is 6.39. The van der Waals surface area contributed by atoms with Gasteiger partial charge in [-0.3, -0.25) is 14.5 Å². The summed E-state index contributed by atoms with van der Waals surface area (Å²) in [6, 6.07) is 14.6. The number of anilines is 1. The minimum atomic E-state index is -0.182. The smallest absolute Gasteiger partial charge is 0.238 e. The van der Waals surface area contributed by atoms with Crippen LogP contribution in [0.5, 0.6) is 0 Å². The Morgan fingerprint density at radius 2 is 1.69 bits per heavy atom. The van der Waals surface area contributed by atoms with Gasteiger partial charge in [0.05, 0.1) is 24.8 Å². The van der Waals surface area contributed by atoms with E-state index in [4.69, 9.17) is 11.6 Å². The van der Waals surface area contributed by atoms with Crippen molar-refractivity contribution in [2.45, 2.75) is 13.0 Å². The molecule has 0 spiro atoms. The van der Waals surface area contributed by atoms with Crippen molar-refractivity contribution in [3.8, 4) is 0 Å². The zero-order valence-corrected chi connectivity index (χ0v) is 17.0. The summed E-state index contributed by atoms with van der Waals surface area (Å²) in [6.07, 6.45) is 0. The second-order valence-corrected chi connectivity index (χ2v) is 7.33. The van der Waals surface area contributed by atoms with Crippen LogP contribution in [0.3, 0.4) is 0 Å². The zero-order valence-electron chi connectivity index (χ0n) is 14.6. The number of para-hydroxylation sites is 1. The van der Waals surface area contributed by atoms with Crippen LogP contribution in [0.15, 0.2) is 53.0 Å². The van der Waals surface area contributed by atoms with E-state index in [1.54, 1.807) is 24.1 Å². The number of rotatable bonds is 7. The van der Waals surface area contributed by atoms with E-state index < -0.39 is 0 Å². The van der Waals surface area contributed by atoms with E-state index in [9.17, 15) is 9.59 Å². The Hall–Kier alpha value is -1.89. The molecule has 138 valence electrons. The molecule has 2 amide bonds. The van der Waals surface area contributed by atoms with E-state index in [1.165, 1.54) is 0 Å². The number of nitrogens with one attached hydrogen (secondary N) is 2. The number of halogens is 2. The van der Waals surface area contributed by atoms with Gasteiger partial charge in [-0.25, -0.2) is 0 Å². The van der Waals surface area contributed by atoms with Crippen LogP contribution in [-0.2, 0) is 9.59 Å². The molecule has 5 nitrogen and oxygen atoms in total. The van der Waals surface area contributed by atoms with E-state index >= 15 is 0 Å². The van der Waals surface area contributed by atoms with Gasteiger partial charge in [0, 0.05) is 9.50 Å². The predicted octanol–water partition coefficient (Wildman–Crippen LogP) is 3.85. The summed E-state index contributed by atoms with van der Waals surface area (Å²) in [5.41, 5.74) is 1.67. The molecule has 0 saturated carbocycles. The molecule has 0 aliphatic rings. The van der Waals surface area contributed by atoms with Crippen molar-refractivity contribution in [2.75, 3.05) is 25.5 Å². The second-order valence-electron chi connectivity index (χ2n) is 6.04. The summed E-state index contributed by atoms with van der Waals surface area (Å²) >= 11 is 9.26. The SMILES string of the molecule is C[C@@H](NC(=O)CN(C)CC(=O)Nc1ccccc1Br)c1ccc(Cl)cc1. The fourth-order valence-corrected chi connectivity index (χ4v) is 2.93. The van der Waals surface area contributed by atoms with Gasteiger partial charge >= 0.3 is 0 Å². The van der Waals surface area contributed by atoms with Crippen molar-refractivity contribution in [3.63, 3.8) is 0 Å². The first-order valence-corrected chi connectivity index (χ1v) is 9.30. The first-order chi connectivity index (χ1) is 12.3. The Kier molecular flexibility index (Phi) is 7.63. The average molecular weight is 439 g/mol. The number of amides is 2. The summed E-state index contributed by atoms with van der Waals surface area (Å²) in [6.45, 7) is 2.15. The molecule has 0 aliphatic heterocycles. The molecule has 0 heterocycles. The molecule has 2 N–H and O–H groups in total. The van der Waals surface area contributed by atoms with Crippen LogP contribution in [0.2, 0.25) is 5.02 Å². The monoisotopic (exact) mass is 437 g/mol. The van der Waals surface area contributed by atoms with Gasteiger partial charge in [0.15, 0.2) is 0 Å². The van der Waals surface area contributed by atoms with E-state index in [0.29, 0.717) is 10.7 Å². The van der Waals surface area contributed by atoms with Crippen LogP contribution in [0.1, 0.15) is 18.5 Å². The molecule has 0 unspecified atom stereocenters. The van der Waals surface area contributed by atoms with Gasteiger partial charge in [0.2, 0.25) is 11.8 Å². The molecule has 0 bridgehead atoms. The standard InChI is InChI=1S/C19H21BrClN3O2/c1-13(14-7-9-15(21)10-8-14)22-18(25)11-24(2)12-19(26)23-17-6-4-3-5-16(17)20/h3-10,13H,11-12H2,1-2H3,(H,22,25)(H,23,26)/t13-/m1/s1. The van der Waals surface area contributed by atoms with Crippen molar-refractivity contribution in [2.24, 2.45) is 0 Å². The molecular formula is C19H21BrClN3O2. The molecule has 0 fully saturated rings. The van der Waals surface area contributed by atoms with Crippen molar-refractivity contribution in [3.05, 3.63) is 63.6 Å². The largest absolute Gasteiger partial charge is 0.348 e. The van der Waals surface area contributed by atoms with Crippen molar-refractivity contribution in [1.29, 1.82) is 0 Å². The lowest BCUT2D eigenvalue weighted by molar-refractivity contribution is -0.123. The molecular weight excluding hydrogens is 418 g/mol. The number of hydrogen-bond donors (Lipinski definition) is 2. The highest BCUT2D eigenvalue weighted by molar-refractivity contribution is 9.10. The highest BCUT2D eigenvalue weighted by atomic mass is 79.9. The van der Waals surface area contributed by atoms with E-state index in [2.05, 4.69) is 26.6 Å². The fourth-order valence-electron chi connectivity index (χ4n) is 2.42. The first-order valence-electron chi connectivity index (χ1n) is 8.13. The van der Waals surface area contributed by atoms with Gasteiger partial charge in [0.25, 0.3) is 0 Å². The van der Waals surface area contributed by atoms with Crippen LogP contribution in [0, 0.1) is 0 Å². The Labute approximate surface area is 166 Å². The van der Waals surface area contributed by atoms with Crippen LogP contribution >= 0.6 is 27.5 Å². The number of hydrogen-bond acceptors (Lipinski definition) is 3. The van der Waals surface area contributed by atoms with Gasteiger partial charge < -0.3 is 10.6 Å². The number of nitrogens with zero attached hydrogens (tertiary/aromatic N) is 1. The van der Waals surface area contributed by atoms with Crippen LogP contribution in [-0.4, -0.2) is 36.9 Å². The zero-order chi connectivity index (χ0) is 19.1. The molecule has 0 saturated heterocycles. The third-order valence-electron chi connectivity index (χ3n) is 3.72. The van der Waals surface area contributed by atoms with Gasteiger partial charge in [0.1, 0.15) is 0 Å². The van der Waals surface area contributed by atoms with Crippen LogP contribution < -0.4 is 10.6 Å².